The van der Waals surface area contributed by atoms with Gasteiger partial charge in [-0.3, -0.25) is 14.9 Å². The first-order chi connectivity index (χ1) is 16.4. The molecule has 178 valence electrons. The number of carbonyl (C=O) groups is 1. The molecule has 12 heteroatoms. The minimum Gasteiger partial charge on any atom is -0.380 e. The predicted molar refractivity (Wildman–Crippen MR) is 127 cm³/mol. The highest BCUT2D eigenvalue weighted by Gasteiger charge is 2.18. The van der Waals surface area contributed by atoms with Crippen LogP contribution in [-0.4, -0.2) is 61.2 Å². The molecule has 1 saturated heterocycles. The number of nitrogens with zero attached hydrogens (tertiary/aromatic N) is 5. The van der Waals surface area contributed by atoms with Crippen LogP contribution >= 0.6 is 11.8 Å². The molecular weight excluding hydrogens is 460 g/mol. The van der Waals surface area contributed by atoms with Gasteiger partial charge in [-0.2, -0.15) is 10.4 Å². The number of aryl methyl sites for hydroxylation is 1. The van der Waals surface area contributed by atoms with Crippen LogP contribution in [0.4, 0.5) is 11.4 Å². The minimum absolute atomic E-state index is 0.0137. The summed E-state index contributed by atoms with van der Waals surface area (Å²) in [4.78, 5) is 29.5. The Morgan fingerprint density at radius 3 is 2.88 bits per heavy atom. The van der Waals surface area contributed by atoms with Gasteiger partial charge in [0.2, 0.25) is 5.91 Å². The van der Waals surface area contributed by atoms with Gasteiger partial charge in [-0.05, 0) is 24.6 Å². The van der Waals surface area contributed by atoms with E-state index in [0.29, 0.717) is 53.7 Å². The molecule has 1 aliphatic rings. The quantitative estimate of drug-likeness (QED) is 0.245. The number of anilines is 1. The largest absolute Gasteiger partial charge is 0.380 e. The third kappa shape index (κ3) is 6.50. The Morgan fingerprint density at radius 1 is 1.44 bits per heavy atom. The van der Waals surface area contributed by atoms with Crippen molar-refractivity contribution in [3.8, 4) is 6.07 Å². The van der Waals surface area contributed by atoms with E-state index in [-0.39, 0.29) is 18.0 Å². The first-order valence-corrected chi connectivity index (χ1v) is 11.4. The number of methoxy groups -OCH3 is 1. The fraction of sp³-hybridized carbons (Fsp3) is 0.364. The van der Waals surface area contributed by atoms with Gasteiger partial charge in [0.05, 0.1) is 42.3 Å². The van der Waals surface area contributed by atoms with Gasteiger partial charge in [0.15, 0.2) is 0 Å². The third-order valence-electron chi connectivity index (χ3n) is 4.91. The lowest BCUT2D eigenvalue weighted by Gasteiger charge is -2.29. The molecule has 1 aromatic heterocycles. The average Bonchev–Trinajstić information content (AvgIpc) is 2.83. The fourth-order valence-electron chi connectivity index (χ4n) is 3.39. The number of nitrogens with one attached hydrogen (secondary N) is 1. The number of rotatable bonds is 9. The summed E-state index contributed by atoms with van der Waals surface area (Å²) in [6.07, 6.45) is 1.39. The summed E-state index contributed by atoms with van der Waals surface area (Å²) in [6, 6.07) is 8.44. The van der Waals surface area contributed by atoms with Gasteiger partial charge < -0.3 is 14.4 Å². The highest BCUT2D eigenvalue weighted by atomic mass is 32.2. The van der Waals surface area contributed by atoms with E-state index in [1.165, 1.54) is 18.3 Å². The molecule has 11 nitrogen and oxygen atoms in total. The molecule has 0 bridgehead atoms. The Bertz CT molecular complexity index is 1130. The van der Waals surface area contributed by atoms with E-state index >= 15 is 0 Å². The van der Waals surface area contributed by atoms with Crippen molar-refractivity contribution in [3.05, 3.63) is 56.8 Å². The van der Waals surface area contributed by atoms with Gasteiger partial charge in [0, 0.05) is 49.3 Å². The second-order valence-electron chi connectivity index (χ2n) is 7.33. The second kappa shape index (κ2) is 12.1. The number of ether oxygens (including phenoxy) is 2. The smallest absolute Gasteiger partial charge is 0.270 e. The summed E-state index contributed by atoms with van der Waals surface area (Å²) in [5.41, 5.74) is 5.45. The van der Waals surface area contributed by atoms with Gasteiger partial charge in [0.1, 0.15) is 11.1 Å². The van der Waals surface area contributed by atoms with Crippen molar-refractivity contribution in [2.45, 2.75) is 18.6 Å². The standard InChI is InChI=1S/C22H24N6O5S/c1-15-9-17(13-32-2)19(11-23)22(25-15)34-14-21(29)26-24-12-16-10-18(28(30)31)3-4-20(16)27-5-7-33-8-6-27/h3-4,9-10,12H,5-8,13-14H2,1-2H3,(H,26,29)/b24-12-. The topological polar surface area (TPSA) is 143 Å². The van der Waals surface area contributed by atoms with E-state index in [1.54, 1.807) is 26.2 Å². The van der Waals surface area contributed by atoms with E-state index in [9.17, 15) is 20.2 Å². The molecule has 1 aromatic carbocycles. The number of nitro groups is 1. The molecule has 0 saturated carbocycles. The first-order valence-electron chi connectivity index (χ1n) is 10.4. The zero-order valence-corrected chi connectivity index (χ0v) is 19.6. The number of carbonyl (C=O) groups excluding carboxylic acids is 1. The number of hydrogen-bond donors (Lipinski definition) is 1. The van der Waals surface area contributed by atoms with Crippen LogP contribution in [0.1, 0.15) is 22.4 Å². The van der Waals surface area contributed by atoms with Crippen LogP contribution in [0.2, 0.25) is 0 Å². The number of nitriles is 1. The van der Waals surface area contributed by atoms with Crippen LogP contribution in [0, 0.1) is 28.4 Å². The summed E-state index contributed by atoms with van der Waals surface area (Å²) in [5, 5.41) is 25.1. The highest BCUT2D eigenvalue weighted by molar-refractivity contribution is 8.00. The zero-order chi connectivity index (χ0) is 24.5. The fourth-order valence-corrected chi connectivity index (χ4v) is 4.26. The SMILES string of the molecule is COCc1cc(C)nc(SCC(=O)N/N=C\c2cc([N+](=O)[O-])ccc2N2CCOCC2)c1C#N. The van der Waals surface area contributed by atoms with Crippen LogP contribution < -0.4 is 10.3 Å². The molecule has 1 N–H and O–H groups in total. The lowest BCUT2D eigenvalue weighted by Crippen LogP contribution is -2.36. The molecule has 34 heavy (non-hydrogen) atoms. The van der Waals surface area contributed by atoms with Crippen LogP contribution in [0.25, 0.3) is 0 Å². The van der Waals surface area contributed by atoms with Crippen molar-refractivity contribution in [2.75, 3.05) is 44.1 Å². The minimum atomic E-state index is -0.477. The van der Waals surface area contributed by atoms with Crippen LogP contribution in [0.3, 0.4) is 0 Å². The van der Waals surface area contributed by atoms with E-state index in [0.717, 1.165) is 17.4 Å². The van der Waals surface area contributed by atoms with Gasteiger partial charge in [-0.1, -0.05) is 11.8 Å². The monoisotopic (exact) mass is 484 g/mol. The van der Waals surface area contributed by atoms with Crippen molar-refractivity contribution in [3.63, 3.8) is 0 Å². The molecule has 1 amide bonds. The second-order valence-corrected chi connectivity index (χ2v) is 8.29. The van der Waals surface area contributed by atoms with Gasteiger partial charge in [-0.15, -0.1) is 0 Å². The Balaban J connectivity index is 1.69. The number of non-ortho nitro benzene ring substituents is 1. The number of benzene rings is 1. The molecular formula is C22H24N6O5S. The number of nitro benzene ring substituents is 1. The molecule has 0 radical (unpaired) electrons. The normalized spacial score (nSPS) is 13.6. The molecule has 0 aliphatic carbocycles. The van der Waals surface area contributed by atoms with Crippen LogP contribution in [0.15, 0.2) is 34.4 Å². The summed E-state index contributed by atoms with van der Waals surface area (Å²) in [7, 11) is 1.54. The van der Waals surface area contributed by atoms with E-state index < -0.39 is 10.8 Å². The Labute approximate surface area is 200 Å². The summed E-state index contributed by atoms with van der Waals surface area (Å²) >= 11 is 1.13. The number of thioether (sulfide) groups is 1. The maximum Gasteiger partial charge on any atom is 0.270 e. The summed E-state index contributed by atoms with van der Waals surface area (Å²) < 4.78 is 10.5. The van der Waals surface area contributed by atoms with Crippen molar-refractivity contribution >= 4 is 35.3 Å². The van der Waals surface area contributed by atoms with Gasteiger partial charge in [0.25, 0.3) is 5.69 Å². The molecule has 1 fully saturated rings. The molecule has 0 unspecified atom stereocenters. The zero-order valence-electron chi connectivity index (χ0n) is 18.8. The maximum absolute atomic E-state index is 12.3. The van der Waals surface area contributed by atoms with E-state index in [1.807, 2.05) is 0 Å². The lowest BCUT2D eigenvalue weighted by atomic mass is 10.1. The first kappa shape index (κ1) is 25.1. The van der Waals surface area contributed by atoms with Gasteiger partial charge >= 0.3 is 0 Å². The number of morpholine rings is 1. The molecule has 0 spiro atoms. The maximum atomic E-state index is 12.3. The van der Waals surface area contributed by atoms with E-state index in [4.69, 9.17) is 9.47 Å². The Hall–Kier alpha value is -3.53. The number of aromatic nitrogens is 1. The average molecular weight is 485 g/mol. The lowest BCUT2D eigenvalue weighted by molar-refractivity contribution is -0.384. The molecule has 2 heterocycles. The Morgan fingerprint density at radius 2 is 2.21 bits per heavy atom. The molecule has 1 aliphatic heterocycles. The van der Waals surface area contributed by atoms with Gasteiger partial charge in [-0.25, -0.2) is 10.4 Å². The summed E-state index contributed by atoms with van der Waals surface area (Å²) in [5.74, 6) is -0.416. The molecule has 2 aromatic rings. The predicted octanol–water partition coefficient (Wildman–Crippen LogP) is 2.40. The van der Waals surface area contributed by atoms with Crippen LogP contribution in [0.5, 0.6) is 0 Å². The molecule has 3 rings (SSSR count). The van der Waals surface area contributed by atoms with E-state index in [2.05, 4.69) is 26.5 Å². The summed E-state index contributed by atoms with van der Waals surface area (Å²) in [6.45, 7) is 4.50. The molecule has 0 atom stereocenters. The number of pyridine rings is 1. The van der Waals surface area contributed by atoms with Crippen LogP contribution in [-0.2, 0) is 20.9 Å². The number of amides is 1. The van der Waals surface area contributed by atoms with Crippen molar-refractivity contribution < 1.29 is 19.2 Å². The number of hydrogen-bond acceptors (Lipinski definition) is 10. The van der Waals surface area contributed by atoms with Crippen molar-refractivity contribution in [1.29, 1.82) is 5.26 Å². The Kier molecular flexibility index (Phi) is 8.92. The van der Waals surface area contributed by atoms with Crippen molar-refractivity contribution in [1.82, 2.24) is 10.4 Å². The third-order valence-corrected chi connectivity index (χ3v) is 5.89. The van der Waals surface area contributed by atoms with Crippen molar-refractivity contribution in [2.24, 2.45) is 5.10 Å². The number of hydrazone groups is 1. The highest BCUT2D eigenvalue weighted by Crippen LogP contribution is 2.26.